The normalized spacial score (nSPS) is 12.0. The Hall–Kier alpha value is -1.66. The molecule has 0 bridgehead atoms. The van der Waals surface area contributed by atoms with E-state index in [4.69, 9.17) is 11.6 Å². The van der Waals surface area contributed by atoms with E-state index in [0.717, 1.165) is 22.7 Å². The van der Waals surface area contributed by atoms with Crippen LogP contribution in [0.1, 0.15) is 30.8 Å². The highest BCUT2D eigenvalue weighted by Crippen LogP contribution is 2.21. The molecule has 22 heavy (non-hydrogen) atoms. The molecule has 1 aromatic carbocycles. The Labute approximate surface area is 139 Å². The zero-order chi connectivity index (χ0) is 16.1. The number of nitrogens with one attached hydrogen (secondary N) is 2. The Morgan fingerprint density at radius 1 is 1.36 bits per heavy atom. The van der Waals surface area contributed by atoms with E-state index in [1.54, 1.807) is 6.07 Å². The van der Waals surface area contributed by atoms with Crippen LogP contribution in [-0.2, 0) is 11.2 Å². The first-order chi connectivity index (χ1) is 10.5. The summed E-state index contributed by atoms with van der Waals surface area (Å²) >= 11 is 7.35. The van der Waals surface area contributed by atoms with Gasteiger partial charge in [0.1, 0.15) is 11.0 Å². The van der Waals surface area contributed by atoms with Crippen LogP contribution in [0.4, 0.5) is 10.8 Å². The Morgan fingerprint density at radius 2 is 2.14 bits per heavy atom. The number of hydrogen-bond donors (Lipinski definition) is 2. The number of anilines is 2. The first-order valence-corrected chi connectivity index (χ1v) is 8.38. The summed E-state index contributed by atoms with van der Waals surface area (Å²) < 4.78 is 0. The van der Waals surface area contributed by atoms with Crippen molar-refractivity contribution in [1.29, 1.82) is 0 Å². The fraction of sp³-hybridized carbons (Fsp3) is 0.400. The molecule has 118 valence electrons. The SMILES string of the molecule is CCc1nnc(NC(=O)[C@H](CC)Nc2ccc(Cl)cc2C)s1. The largest absolute Gasteiger partial charge is 0.373 e. The molecule has 7 heteroatoms. The van der Waals surface area contributed by atoms with Crippen LogP contribution in [0.25, 0.3) is 0 Å². The second-order valence-corrected chi connectivity index (χ2v) is 6.41. The van der Waals surface area contributed by atoms with Gasteiger partial charge in [0.2, 0.25) is 11.0 Å². The van der Waals surface area contributed by atoms with E-state index >= 15 is 0 Å². The average Bonchev–Trinajstić information content (AvgIpc) is 2.94. The third-order valence-corrected chi connectivity index (χ3v) is 4.46. The van der Waals surface area contributed by atoms with Crippen LogP contribution >= 0.6 is 22.9 Å². The number of aryl methyl sites for hydroxylation is 2. The molecule has 5 nitrogen and oxygen atoms in total. The van der Waals surface area contributed by atoms with Crippen molar-refractivity contribution in [3.63, 3.8) is 0 Å². The van der Waals surface area contributed by atoms with Crippen LogP contribution in [0, 0.1) is 6.92 Å². The van der Waals surface area contributed by atoms with Gasteiger partial charge < -0.3 is 5.32 Å². The molecule has 0 aliphatic heterocycles. The van der Waals surface area contributed by atoms with Crippen molar-refractivity contribution >= 4 is 39.7 Å². The lowest BCUT2D eigenvalue weighted by atomic mass is 10.1. The van der Waals surface area contributed by atoms with E-state index in [-0.39, 0.29) is 11.9 Å². The smallest absolute Gasteiger partial charge is 0.248 e. The van der Waals surface area contributed by atoms with Gasteiger partial charge in [-0.25, -0.2) is 0 Å². The van der Waals surface area contributed by atoms with Crippen LogP contribution in [0.3, 0.4) is 0 Å². The highest BCUT2D eigenvalue weighted by molar-refractivity contribution is 7.15. The van der Waals surface area contributed by atoms with Crippen LogP contribution in [0.5, 0.6) is 0 Å². The first-order valence-electron chi connectivity index (χ1n) is 7.19. The molecule has 2 N–H and O–H groups in total. The molecule has 2 aromatic rings. The summed E-state index contributed by atoms with van der Waals surface area (Å²) in [5, 5.41) is 16.2. The predicted molar refractivity (Wildman–Crippen MR) is 91.8 cm³/mol. The minimum atomic E-state index is -0.339. The van der Waals surface area contributed by atoms with Crippen molar-refractivity contribution in [3.05, 3.63) is 33.8 Å². The van der Waals surface area contributed by atoms with Crippen molar-refractivity contribution in [3.8, 4) is 0 Å². The Kier molecular flexibility index (Phi) is 5.74. The number of hydrogen-bond acceptors (Lipinski definition) is 5. The summed E-state index contributed by atoms with van der Waals surface area (Å²) in [7, 11) is 0. The van der Waals surface area contributed by atoms with E-state index in [1.165, 1.54) is 11.3 Å². The molecular formula is C15H19ClN4OS. The lowest BCUT2D eigenvalue weighted by Crippen LogP contribution is -2.34. The monoisotopic (exact) mass is 338 g/mol. The molecule has 0 aliphatic rings. The second kappa shape index (κ2) is 7.56. The molecule has 2 rings (SSSR count). The number of amides is 1. The number of carbonyl (C=O) groups is 1. The van der Waals surface area contributed by atoms with E-state index in [0.29, 0.717) is 16.6 Å². The molecule has 1 amide bonds. The minimum Gasteiger partial charge on any atom is -0.373 e. The Morgan fingerprint density at radius 3 is 2.73 bits per heavy atom. The third-order valence-electron chi connectivity index (χ3n) is 3.24. The van der Waals surface area contributed by atoms with Gasteiger partial charge in [0.25, 0.3) is 0 Å². The number of nitrogens with zero attached hydrogens (tertiary/aromatic N) is 2. The van der Waals surface area contributed by atoms with Gasteiger partial charge in [0.15, 0.2) is 0 Å². The minimum absolute atomic E-state index is 0.115. The van der Waals surface area contributed by atoms with Crippen molar-refractivity contribution in [2.75, 3.05) is 10.6 Å². The van der Waals surface area contributed by atoms with Crippen LogP contribution in [0.15, 0.2) is 18.2 Å². The lowest BCUT2D eigenvalue weighted by molar-refractivity contribution is -0.117. The Bertz CT molecular complexity index is 659. The lowest BCUT2D eigenvalue weighted by Gasteiger charge is -2.18. The van der Waals surface area contributed by atoms with Gasteiger partial charge in [-0.2, -0.15) is 0 Å². The molecule has 1 atom stereocenters. The number of halogens is 1. The highest BCUT2D eigenvalue weighted by atomic mass is 35.5. The van der Waals surface area contributed by atoms with Crippen molar-refractivity contribution < 1.29 is 4.79 Å². The van der Waals surface area contributed by atoms with Crippen LogP contribution in [-0.4, -0.2) is 22.1 Å². The van der Waals surface area contributed by atoms with E-state index < -0.39 is 0 Å². The maximum atomic E-state index is 12.4. The summed E-state index contributed by atoms with van der Waals surface area (Å²) in [6, 6.07) is 5.22. The zero-order valence-electron chi connectivity index (χ0n) is 12.8. The quantitative estimate of drug-likeness (QED) is 0.838. The van der Waals surface area contributed by atoms with Gasteiger partial charge in [-0.1, -0.05) is 36.8 Å². The molecular weight excluding hydrogens is 320 g/mol. The van der Waals surface area contributed by atoms with Gasteiger partial charge in [0, 0.05) is 10.7 Å². The van der Waals surface area contributed by atoms with Gasteiger partial charge >= 0.3 is 0 Å². The van der Waals surface area contributed by atoms with Crippen LogP contribution in [0.2, 0.25) is 5.02 Å². The topological polar surface area (TPSA) is 66.9 Å². The van der Waals surface area contributed by atoms with Gasteiger partial charge in [-0.05, 0) is 43.5 Å². The maximum Gasteiger partial charge on any atom is 0.248 e. The third kappa shape index (κ3) is 4.18. The molecule has 0 aliphatic carbocycles. The molecule has 0 saturated carbocycles. The molecule has 1 aromatic heterocycles. The summed E-state index contributed by atoms with van der Waals surface area (Å²) in [5.41, 5.74) is 1.90. The van der Waals surface area contributed by atoms with Crippen molar-refractivity contribution in [2.45, 2.75) is 39.7 Å². The maximum absolute atomic E-state index is 12.4. The zero-order valence-corrected chi connectivity index (χ0v) is 14.4. The number of aromatic nitrogens is 2. The highest BCUT2D eigenvalue weighted by Gasteiger charge is 2.18. The first kappa shape index (κ1) is 16.7. The summed E-state index contributed by atoms with van der Waals surface area (Å²) in [4.78, 5) is 12.4. The second-order valence-electron chi connectivity index (χ2n) is 4.91. The molecule has 0 fully saturated rings. The number of rotatable bonds is 6. The molecule has 1 heterocycles. The standard InChI is InChI=1S/C15H19ClN4OS/c1-4-11(17-12-7-6-10(16)8-9(12)3)14(21)18-15-20-19-13(5-2)22-15/h6-8,11,17H,4-5H2,1-3H3,(H,18,20,21)/t11-/m0/s1. The fourth-order valence-corrected chi connectivity index (χ4v) is 2.88. The van der Waals surface area contributed by atoms with Crippen LogP contribution < -0.4 is 10.6 Å². The van der Waals surface area contributed by atoms with E-state index in [1.807, 2.05) is 32.9 Å². The van der Waals surface area contributed by atoms with E-state index in [2.05, 4.69) is 20.8 Å². The van der Waals surface area contributed by atoms with Gasteiger partial charge in [-0.3, -0.25) is 10.1 Å². The number of benzene rings is 1. The molecule has 0 saturated heterocycles. The molecule has 0 unspecified atom stereocenters. The summed E-state index contributed by atoms with van der Waals surface area (Å²) in [6.45, 7) is 5.92. The predicted octanol–water partition coefficient (Wildman–Crippen LogP) is 3.89. The van der Waals surface area contributed by atoms with Gasteiger partial charge in [-0.15, -0.1) is 10.2 Å². The Balaban J connectivity index is 2.05. The van der Waals surface area contributed by atoms with E-state index in [9.17, 15) is 4.79 Å². The van der Waals surface area contributed by atoms with Crippen molar-refractivity contribution in [2.24, 2.45) is 0 Å². The molecule has 0 spiro atoms. The number of carbonyl (C=O) groups excluding carboxylic acids is 1. The van der Waals surface area contributed by atoms with Crippen molar-refractivity contribution in [1.82, 2.24) is 10.2 Å². The summed E-state index contributed by atoms with van der Waals surface area (Å²) in [5.74, 6) is -0.115. The van der Waals surface area contributed by atoms with Gasteiger partial charge in [0.05, 0.1) is 0 Å². The average molecular weight is 339 g/mol. The fourth-order valence-electron chi connectivity index (χ4n) is 1.97. The molecule has 0 radical (unpaired) electrons. The summed E-state index contributed by atoms with van der Waals surface area (Å²) in [6.07, 6.45) is 1.47.